The summed E-state index contributed by atoms with van der Waals surface area (Å²) in [6.07, 6.45) is 7.12. The van der Waals surface area contributed by atoms with Gasteiger partial charge in [0.1, 0.15) is 5.82 Å². The van der Waals surface area contributed by atoms with Gasteiger partial charge in [0.2, 0.25) is 0 Å². The van der Waals surface area contributed by atoms with Crippen LogP contribution in [0.4, 0.5) is 4.39 Å². The number of carbonyl (C=O) groups excluding carboxylic acids is 1. The van der Waals surface area contributed by atoms with E-state index in [-0.39, 0.29) is 11.7 Å². The Hall–Kier alpha value is -1.38. The molecular formula is C16H22FNO. The molecule has 0 heterocycles. The maximum atomic E-state index is 12.8. The maximum Gasteiger partial charge on any atom is 0.251 e. The first-order valence-corrected chi connectivity index (χ1v) is 7.27. The Kier molecular flexibility index (Phi) is 4.94. The molecule has 0 bridgehead atoms. The molecule has 1 amide bonds. The molecular weight excluding hydrogens is 241 g/mol. The van der Waals surface area contributed by atoms with E-state index in [2.05, 4.69) is 12.2 Å². The molecule has 1 aliphatic rings. The van der Waals surface area contributed by atoms with Crippen molar-refractivity contribution < 1.29 is 9.18 Å². The minimum absolute atomic E-state index is 0.0756. The summed E-state index contributed by atoms with van der Waals surface area (Å²) in [5.74, 6) is 0.232. The number of rotatable bonds is 5. The van der Waals surface area contributed by atoms with Crippen LogP contribution in [-0.2, 0) is 0 Å². The van der Waals surface area contributed by atoms with Gasteiger partial charge in [-0.25, -0.2) is 4.39 Å². The summed E-state index contributed by atoms with van der Waals surface area (Å²) in [5, 5.41) is 3.11. The molecule has 1 saturated carbocycles. The molecule has 2 rings (SSSR count). The van der Waals surface area contributed by atoms with Gasteiger partial charge in [0.25, 0.3) is 5.91 Å². The minimum Gasteiger partial charge on any atom is -0.349 e. The number of carbonyl (C=O) groups is 1. The quantitative estimate of drug-likeness (QED) is 0.857. The lowest BCUT2D eigenvalue weighted by molar-refractivity contribution is 0.0926. The molecule has 2 unspecified atom stereocenters. The van der Waals surface area contributed by atoms with Crippen molar-refractivity contribution >= 4 is 5.91 Å². The van der Waals surface area contributed by atoms with Gasteiger partial charge in [0.15, 0.2) is 0 Å². The summed E-state index contributed by atoms with van der Waals surface area (Å²) in [5.41, 5.74) is 0.544. The molecule has 0 aliphatic heterocycles. The molecule has 0 saturated heterocycles. The van der Waals surface area contributed by atoms with Crippen LogP contribution in [0, 0.1) is 11.7 Å². The van der Waals surface area contributed by atoms with E-state index in [1.807, 2.05) is 0 Å². The largest absolute Gasteiger partial charge is 0.349 e. The second-order valence-electron chi connectivity index (χ2n) is 5.42. The van der Waals surface area contributed by atoms with E-state index in [4.69, 9.17) is 0 Å². The van der Waals surface area contributed by atoms with Gasteiger partial charge < -0.3 is 5.32 Å². The minimum atomic E-state index is -0.307. The Balaban J connectivity index is 1.92. The molecule has 19 heavy (non-hydrogen) atoms. The number of hydrogen-bond acceptors (Lipinski definition) is 1. The summed E-state index contributed by atoms with van der Waals surface area (Å²) in [7, 11) is 0. The van der Waals surface area contributed by atoms with E-state index >= 15 is 0 Å². The molecule has 1 fully saturated rings. The van der Waals surface area contributed by atoms with E-state index in [1.165, 1.54) is 44.2 Å². The lowest BCUT2D eigenvalue weighted by Crippen LogP contribution is -2.37. The molecule has 2 atom stereocenters. The number of hydrogen-bond donors (Lipinski definition) is 1. The monoisotopic (exact) mass is 263 g/mol. The van der Waals surface area contributed by atoms with Gasteiger partial charge in [-0.05, 0) is 49.4 Å². The van der Waals surface area contributed by atoms with Crippen LogP contribution in [0.5, 0.6) is 0 Å². The van der Waals surface area contributed by atoms with Crippen LogP contribution in [0.2, 0.25) is 0 Å². The highest BCUT2D eigenvalue weighted by molar-refractivity contribution is 5.94. The van der Waals surface area contributed by atoms with Crippen LogP contribution in [0.1, 0.15) is 55.8 Å². The fraction of sp³-hybridized carbons (Fsp3) is 0.562. The van der Waals surface area contributed by atoms with Crippen LogP contribution in [0.3, 0.4) is 0 Å². The van der Waals surface area contributed by atoms with Gasteiger partial charge in [-0.1, -0.05) is 26.2 Å². The Morgan fingerprint density at radius 3 is 2.74 bits per heavy atom. The normalized spacial score (nSPS) is 22.4. The lowest BCUT2D eigenvalue weighted by atomic mass is 9.96. The molecule has 0 radical (unpaired) electrons. The zero-order chi connectivity index (χ0) is 13.7. The highest BCUT2D eigenvalue weighted by Crippen LogP contribution is 2.30. The summed E-state index contributed by atoms with van der Waals surface area (Å²) in [6, 6.07) is 6.04. The highest BCUT2D eigenvalue weighted by Gasteiger charge is 2.28. The van der Waals surface area contributed by atoms with Crippen LogP contribution >= 0.6 is 0 Å². The first-order valence-electron chi connectivity index (χ1n) is 7.27. The average molecular weight is 263 g/mol. The van der Waals surface area contributed by atoms with Gasteiger partial charge in [0.05, 0.1) is 0 Å². The van der Waals surface area contributed by atoms with Crippen molar-refractivity contribution in [1.29, 1.82) is 0 Å². The number of halogens is 1. The average Bonchev–Trinajstić information content (AvgIpc) is 2.84. The zero-order valence-electron chi connectivity index (χ0n) is 11.5. The summed E-state index contributed by atoms with van der Waals surface area (Å²) in [6.45, 7) is 2.20. The van der Waals surface area contributed by atoms with Crippen molar-refractivity contribution in [3.05, 3.63) is 35.6 Å². The summed E-state index contributed by atoms with van der Waals surface area (Å²) >= 11 is 0. The van der Waals surface area contributed by atoms with Gasteiger partial charge in [-0.15, -0.1) is 0 Å². The Morgan fingerprint density at radius 2 is 2.05 bits per heavy atom. The third-order valence-corrected chi connectivity index (χ3v) is 4.01. The van der Waals surface area contributed by atoms with Gasteiger partial charge in [0, 0.05) is 11.6 Å². The van der Waals surface area contributed by atoms with Gasteiger partial charge >= 0.3 is 0 Å². The van der Waals surface area contributed by atoms with Crippen molar-refractivity contribution in [3.8, 4) is 0 Å². The van der Waals surface area contributed by atoms with Crippen molar-refractivity contribution in [3.63, 3.8) is 0 Å². The first kappa shape index (κ1) is 14.0. The summed E-state index contributed by atoms with van der Waals surface area (Å²) in [4.78, 5) is 12.1. The molecule has 1 aromatic carbocycles. The van der Waals surface area contributed by atoms with Crippen molar-refractivity contribution in [2.24, 2.45) is 5.92 Å². The van der Waals surface area contributed by atoms with Gasteiger partial charge in [-0.2, -0.15) is 0 Å². The SMILES string of the molecule is CCCCC1CCCC1NC(=O)c1ccc(F)cc1. The molecule has 104 valence electrons. The second kappa shape index (κ2) is 6.69. The second-order valence-corrected chi connectivity index (χ2v) is 5.42. The smallest absolute Gasteiger partial charge is 0.251 e. The van der Waals surface area contributed by atoms with Crippen molar-refractivity contribution in [1.82, 2.24) is 5.32 Å². The number of unbranched alkanes of at least 4 members (excludes halogenated alkanes) is 1. The predicted molar refractivity (Wildman–Crippen MR) is 74.5 cm³/mol. The Bertz CT molecular complexity index is 415. The first-order chi connectivity index (χ1) is 9.20. The third kappa shape index (κ3) is 3.79. The molecule has 3 heteroatoms. The van der Waals surface area contributed by atoms with Crippen LogP contribution in [-0.4, -0.2) is 11.9 Å². The van der Waals surface area contributed by atoms with E-state index in [9.17, 15) is 9.18 Å². The van der Waals surface area contributed by atoms with Gasteiger partial charge in [-0.3, -0.25) is 4.79 Å². The number of amides is 1. The lowest BCUT2D eigenvalue weighted by Gasteiger charge is -2.20. The molecule has 0 aromatic heterocycles. The fourth-order valence-corrected chi connectivity index (χ4v) is 2.89. The number of nitrogens with one attached hydrogen (secondary N) is 1. The van der Waals surface area contributed by atoms with E-state index in [1.54, 1.807) is 12.1 Å². The molecule has 2 nitrogen and oxygen atoms in total. The van der Waals surface area contributed by atoms with Crippen molar-refractivity contribution in [2.75, 3.05) is 0 Å². The van der Waals surface area contributed by atoms with Crippen LogP contribution < -0.4 is 5.32 Å². The maximum absolute atomic E-state index is 12.8. The molecule has 1 aliphatic carbocycles. The standard InChI is InChI=1S/C16H22FNO/c1-2-3-5-12-6-4-7-15(12)18-16(19)13-8-10-14(17)11-9-13/h8-12,15H,2-7H2,1H3,(H,18,19). The molecule has 0 spiro atoms. The van der Waals surface area contributed by atoms with Crippen LogP contribution in [0.25, 0.3) is 0 Å². The number of benzene rings is 1. The topological polar surface area (TPSA) is 29.1 Å². The summed E-state index contributed by atoms with van der Waals surface area (Å²) < 4.78 is 12.8. The van der Waals surface area contributed by atoms with E-state index < -0.39 is 0 Å². The predicted octanol–water partition coefficient (Wildman–Crippen LogP) is 3.91. The Labute approximate surface area is 114 Å². The molecule has 1 aromatic rings. The van der Waals surface area contributed by atoms with Crippen LogP contribution in [0.15, 0.2) is 24.3 Å². The van der Waals surface area contributed by atoms with Crippen molar-refractivity contribution in [2.45, 2.75) is 51.5 Å². The molecule has 1 N–H and O–H groups in total. The highest BCUT2D eigenvalue weighted by atomic mass is 19.1. The third-order valence-electron chi connectivity index (χ3n) is 4.01. The Morgan fingerprint density at radius 1 is 1.32 bits per heavy atom. The fourth-order valence-electron chi connectivity index (χ4n) is 2.89. The van der Waals surface area contributed by atoms with E-state index in [0.717, 1.165) is 6.42 Å². The zero-order valence-corrected chi connectivity index (χ0v) is 11.5. The van der Waals surface area contributed by atoms with E-state index in [0.29, 0.717) is 17.5 Å².